The second kappa shape index (κ2) is 59.1. The van der Waals surface area contributed by atoms with Gasteiger partial charge in [0.15, 0.2) is 50.9 Å². The number of rotatable bonds is 32. The summed E-state index contributed by atoms with van der Waals surface area (Å²) >= 11 is 25.8. The first-order valence-corrected chi connectivity index (χ1v) is 57.6. The molecule has 3 aliphatic carbocycles. The summed E-state index contributed by atoms with van der Waals surface area (Å²) in [4.78, 5) is 0. The largest absolute Gasteiger partial charge is 0.366 e. The van der Waals surface area contributed by atoms with E-state index in [1.54, 1.807) is 0 Å². The summed E-state index contributed by atoms with van der Waals surface area (Å²) in [5.41, 5.74) is 9.97. The molecule has 10 N–H and O–H groups in total. The van der Waals surface area contributed by atoms with Crippen molar-refractivity contribution >= 4 is 152 Å². The molecule has 10 atom stereocenters. The fourth-order valence-electron chi connectivity index (χ4n) is 19.9. The molecule has 5 aliphatic heterocycles. The lowest BCUT2D eigenvalue weighted by Crippen LogP contribution is -2.43. The number of nitrogens with one attached hydrogen (secondary N) is 10. The summed E-state index contributed by atoms with van der Waals surface area (Å²) in [7, 11) is 9.18. The van der Waals surface area contributed by atoms with Gasteiger partial charge in [0.1, 0.15) is 0 Å². The maximum absolute atomic E-state index is 6.80. The van der Waals surface area contributed by atoms with Crippen LogP contribution in [0, 0.1) is 0 Å². The molecule has 5 saturated heterocycles. The van der Waals surface area contributed by atoms with E-state index in [0.717, 1.165) is 24.5 Å². The van der Waals surface area contributed by atoms with Crippen molar-refractivity contribution in [1.82, 2.24) is 81.2 Å². The molecule has 3 saturated carbocycles. The minimum Gasteiger partial charge on any atom is -0.366 e. The standard InChI is InChI=1S/C30H31N4OPS.C24H35N4OPS.C22H29N4OPS.C16H33N4OPS.C12H25N4OPS.CH4/c1-31-30(37)32-22-23-35-36-33(26-18-10-4-11-19-26)28(24-14-6-2-7-15-24)29(25-16-8-3-9-17-25)34(36)27-20-12-5-13-21-27;1-18(2)27-22(20-12-8-6-9-13-20)23(21-14-10-7-11-15-21)28(19(3)4)30(27)29-17-16-26-24(31)25-5;1-23-22(29)24-16-17-27-28-25(18-10-4-2-5-11-18)20-14-8-9-15-21(20)26(28)19-12-6-3-7-13-19;1-12(2)19-14-8-6-7-9-15(14)20(13(3)4)22(19)21-11-10-18-16(23)17-5;1-13-12(19)14-8-9-17-18-15(2)10-6-4-5-7-11(10)16(18)3;/h2-21,28-29H,22-23H2,1H3,(H2,31,32,37);6-15,18-19,22-23H,16-17H2,1-5H3,(H2,25,26,31);2-7,10-13,20-21H,8-9,14-17H2,1H3,(H2,23,24,29);12-15H,6-11H2,1-5H3,(H2,17,18,23);10-11H,4-9H2,1-3H3,(H2,13,14,19);1H4. The van der Waals surface area contributed by atoms with Crippen molar-refractivity contribution in [2.75, 3.05) is 134 Å². The SMILES string of the molecule is C.CNC(=S)NCCOP1N(C(C)C)C(c2ccccc2)C(c2ccccc2)N1C(C)C.CNC(=S)NCCOP1N(C(C)C)C2CCCCC2N1C(C)C.CNC(=S)NCCOP1N(C)C2CCCCC2N1C.CNC(=S)NCCOP1N(c2ccccc2)C(c2ccccc2)C(c2ccccc2)N1c1ccccc1.CNC(=S)NCCOP1N(c2ccccc2)C2CCCCC2N1c1ccccc1. The third-order valence-corrected chi connectivity index (χ3v) is 39.5. The molecule has 16 rings (SSSR count). The monoisotopic (exact) mass is 2090 g/mol. The fourth-order valence-corrected chi connectivity index (χ4v) is 32.3. The van der Waals surface area contributed by atoms with E-state index in [0.29, 0.717) is 139 Å². The Morgan fingerprint density at radius 1 is 0.264 bits per heavy atom. The second-order valence-corrected chi connectivity index (χ2v) is 47.1. The first-order chi connectivity index (χ1) is 67.6. The molecule has 10 unspecified atom stereocenters. The lowest BCUT2D eigenvalue weighted by molar-refractivity contribution is 0.173. The highest BCUT2D eigenvalue weighted by Gasteiger charge is 2.56. The molecular formula is C105H157N20O5P5S5. The summed E-state index contributed by atoms with van der Waals surface area (Å²) in [6, 6.07) is 92.0. The normalized spacial score (nSPS) is 23.9. The maximum atomic E-state index is 6.80. The number of fused-ring (bicyclic) bond motifs is 3. The van der Waals surface area contributed by atoms with E-state index in [4.69, 9.17) is 83.7 Å². The average molecular weight is 2090 g/mol. The molecule has 0 radical (unpaired) electrons. The number of anilines is 4. The molecule has 8 aromatic rings. The number of likely N-dealkylation sites (N-methyl/N-ethyl adjacent to an activating group) is 2. The Hall–Kier alpha value is -6.88. The number of benzene rings is 8. The van der Waals surface area contributed by atoms with Gasteiger partial charge in [-0.25, -0.2) is 28.0 Å². The molecule has 0 spiro atoms. The van der Waals surface area contributed by atoms with Crippen LogP contribution >= 0.6 is 103 Å². The zero-order chi connectivity index (χ0) is 98.7. The van der Waals surface area contributed by atoms with E-state index >= 15 is 0 Å². The van der Waals surface area contributed by atoms with E-state index in [1.165, 1.54) is 111 Å². The highest BCUT2D eigenvalue weighted by molar-refractivity contribution is 7.81. The topological polar surface area (TPSA) is 199 Å². The Kier molecular flexibility index (Phi) is 47.9. The first-order valence-electron chi connectivity index (χ1n) is 49.7. The van der Waals surface area contributed by atoms with Gasteiger partial charge in [-0.05, 0) is 240 Å². The van der Waals surface area contributed by atoms with Crippen LogP contribution in [-0.4, -0.2) is 229 Å². The molecule has 35 heteroatoms. The minimum atomic E-state index is -1.22. The molecule has 762 valence electrons. The molecule has 5 heterocycles. The van der Waals surface area contributed by atoms with Crippen molar-refractivity contribution in [3.05, 3.63) is 265 Å². The van der Waals surface area contributed by atoms with Gasteiger partial charge in [-0.15, -0.1) is 0 Å². The third-order valence-electron chi connectivity index (χ3n) is 26.0. The Balaban J connectivity index is 0.000000170. The predicted molar refractivity (Wildman–Crippen MR) is 613 cm³/mol. The Labute approximate surface area is 872 Å². The summed E-state index contributed by atoms with van der Waals surface area (Å²) in [6.45, 7) is 25.0. The van der Waals surface area contributed by atoms with Crippen molar-refractivity contribution in [2.24, 2.45) is 0 Å². The van der Waals surface area contributed by atoms with Crippen molar-refractivity contribution in [1.29, 1.82) is 0 Å². The number of nitrogens with zero attached hydrogens (tertiary/aromatic N) is 10. The number of hydrogen-bond donors (Lipinski definition) is 10. The Bertz CT molecular complexity index is 4690. The zero-order valence-electron chi connectivity index (χ0n) is 84.0. The van der Waals surface area contributed by atoms with Gasteiger partial charge in [-0.2, -0.15) is 0 Å². The number of para-hydroxylation sites is 4. The third kappa shape index (κ3) is 30.2. The predicted octanol–water partition coefficient (Wildman–Crippen LogP) is 22.0. The lowest BCUT2D eigenvalue weighted by atomic mass is 9.89. The average Bonchev–Trinajstić information content (AvgIpc) is 1.58. The fraction of sp³-hybridized carbons (Fsp3) is 0.495. The molecule has 8 aromatic carbocycles. The number of thiocarbonyl (C=S) groups is 5. The van der Waals surface area contributed by atoms with Crippen molar-refractivity contribution in [3.8, 4) is 0 Å². The smallest absolute Gasteiger partial charge is 0.249 e. The molecule has 0 amide bonds. The highest BCUT2D eigenvalue weighted by atomic mass is 32.1. The van der Waals surface area contributed by atoms with Gasteiger partial charge in [0.25, 0.3) is 0 Å². The molecule has 8 fully saturated rings. The molecule has 25 nitrogen and oxygen atoms in total. The van der Waals surface area contributed by atoms with Gasteiger partial charge in [0.05, 0.1) is 69.3 Å². The zero-order valence-corrected chi connectivity index (χ0v) is 92.6. The number of hydrogen-bond acceptors (Lipinski definition) is 20. The minimum absolute atomic E-state index is 0. The molecule has 8 aliphatic rings. The lowest BCUT2D eigenvalue weighted by Gasteiger charge is -2.34. The summed E-state index contributed by atoms with van der Waals surface area (Å²) in [5, 5.41) is 33.9. The van der Waals surface area contributed by atoms with Crippen molar-refractivity contribution in [2.45, 2.75) is 224 Å². The Morgan fingerprint density at radius 2 is 0.464 bits per heavy atom. The Morgan fingerprint density at radius 3 is 0.714 bits per heavy atom. The summed E-state index contributed by atoms with van der Waals surface area (Å²) < 4.78 is 58.0. The van der Waals surface area contributed by atoms with E-state index in [1.807, 2.05) is 35.2 Å². The van der Waals surface area contributed by atoms with E-state index in [-0.39, 0.29) is 31.6 Å². The van der Waals surface area contributed by atoms with E-state index in [9.17, 15) is 0 Å². The van der Waals surface area contributed by atoms with Crippen LogP contribution in [0.3, 0.4) is 0 Å². The first kappa shape index (κ1) is 113. The van der Waals surface area contributed by atoms with Crippen LogP contribution in [0.1, 0.15) is 186 Å². The van der Waals surface area contributed by atoms with Crippen LogP contribution in [0.25, 0.3) is 0 Å². The van der Waals surface area contributed by atoms with Crippen LogP contribution in [0.15, 0.2) is 243 Å². The molecule has 0 aromatic heterocycles. The van der Waals surface area contributed by atoms with E-state index in [2.05, 4.69) is 412 Å². The van der Waals surface area contributed by atoms with E-state index < -0.39 is 42.2 Å². The van der Waals surface area contributed by atoms with Gasteiger partial charge in [0, 0.05) is 139 Å². The maximum Gasteiger partial charge on any atom is 0.249 e. The van der Waals surface area contributed by atoms with Gasteiger partial charge < -0.3 is 94.5 Å². The van der Waals surface area contributed by atoms with Crippen LogP contribution in [0.5, 0.6) is 0 Å². The molecule has 140 heavy (non-hydrogen) atoms. The van der Waals surface area contributed by atoms with Crippen LogP contribution < -0.4 is 71.8 Å². The van der Waals surface area contributed by atoms with Gasteiger partial charge >= 0.3 is 0 Å². The van der Waals surface area contributed by atoms with Crippen molar-refractivity contribution < 1.29 is 22.6 Å². The van der Waals surface area contributed by atoms with Crippen LogP contribution in [-0.2, 0) is 22.6 Å². The van der Waals surface area contributed by atoms with Crippen LogP contribution in [0.4, 0.5) is 22.7 Å². The van der Waals surface area contributed by atoms with Gasteiger partial charge in [-0.1, -0.05) is 240 Å². The van der Waals surface area contributed by atoms with Crippen molar-refractivity contribution in [3.63, 3.8) is 0 Å². The quantitative estimate of drug-likeness (QED) is 0.0108. The van der Waals surface area contributed by atoms with Gasteiger partial charge in [-0.3, -0.25) is 0 Å². The second-order valence-electron chi connectivity index (χ2n) is 36.4. The summed E-state index contributed by atoms with van der Waals surface area (Å²) in [6.07, 6.45) is 15.7. The molecular weight excluding hydrogens is 1940 g/mol. The summed E-state index contributed by atoms with van der Waals surface area (Å²) in [5.74, 6) is 0. The van der Waals surface area contributed by atoms with Gasteiger partial charge in [0.2, 0.25) is 16.9 Å². The highest BCUT2D eigenvalue weighted by Crippen LogP contribution is 2.70. The van der Waals surface area contributed by atoms with Crippen LogP contribution in [0.2, 0.25) is 0 Å². The molecule has 0 bridgehead atoms.